The van der Waals surface area contributed by atoms with Crippen LogP contribution in [0, 0.1) is 5.92 Å². The number of hydrogen-bond donors (Lipinski definition) is 0. The molecule has 2 nitrogen and oxygen atoms in total. The van der Waals surface area contributed by atoms with Gasteiger partial charge in [0, 0.05) is 12.8 Å². The first-order valence-electron chi connectivity index (χ1n) is 4.38. The van der Waals surface area contributed by atoms with E-state index < -0.39 is 0 Å². The van der Waals surface area contributed by atoms with Crippen LogP contribution in [-0.4, -0.2) is 19.1 Å². The molecule has 0 heterocycles. The highest BCUT2D eigenvalue weighted by molar-refractivity contribution is 5.84. The van der Waals surface area contributed by atoms with Gasteiger partial charge in [0.05, 0.1) is 0 Å². The van der Waals surface area contributed by atoms with Gasteiger partial charge in [0.2, 0.25) is 0 Å². The zero-order valence-corrected chi connectivity index (χ0v) is 8.25. The first-order chi connectivity index (χ1) is 5.68. The maximum Gasteiger partial charge on any atom is 0.109 e. The van der Waals surface area contributed by atoms with Crippen LogP contribution >= 0.6 is 0 Å². The summed E-state index contributed by atoms with van der Waals surface area (Å²) in [5, 5.41) is 0. The van der Waals surface area contributed by atoms with Crippen molar-refractivity contribution < 1.29 is 0 Å². The molecule has 0 N–H and O–H groups in total. The molecule has 0 saturated heterocycles. The molecule has 0 aliphatic carbocycles. The van der Waals surface area contributed by atoms with Gasteiger partial charge in [-0.2, -0.15) is 0 Å². The predicted octanol–water partition coefficient (Wildman–Crippen LogP) is 2.71. The van der Waals surface area contributed by atoms with Crippen molar-refractivity contribution in [2.75, 3.05) is 6.54 Å². The summed E-state index contributed by atoms with van der Waals surface area (Å²) in [5.41, 5.74) is 1.04. The summed E-state index contributed by atoms with van der Waals surface area (Å²) in [4.78, 5) is 8.07. The largest absolute Gasteiger partial charge is 0.274 e. The Kier molecular flexibility index (Phi) is 6.25. The molecule has 0 unspecified atom stereocenters. The lowest BCUT2D eigenvalue weighted by Gasteiger charge is -1.99. The maximum atomic E-state index is 4.06. The Labute approximate surface area is 75.1 Å². The molecule has 0 bridgehead atoms. The Hall–Kier alpha value is -0.920. The second-order valence-corrected chi connectivity index (χ2v) is 3.03. The van der Waals surface area contributed by atoms with Crippen LogP contribution in [0.3, 0.4) is 0 Å². The fraction of sp³-hybridized carbons (Fsp3) is 0.600. The van der Waals surface area contributed by atoms with Gasteiger partial charge in [0.1, 0.15) is 6.34 Å². The van der Waals surface area contributed by atoms with E-state index in [1.54, 1.807) is 12.6 Å². The van der Waals surface area contributed by atoms with E-state index in [1.165, 1.54) is 0 Å². The molecule has 0 radical (unpaired) electrons. The molecule has 0 fully saturated rings. The van der Waals surface area contributed by atoms with E-state index in [9.17, 15) is 0 Å². The molecule has 0 aromatic rings. The summed E-state index contributed by atoms with van der Waals surface area (Å²) in [6.07, 6.45) is 4.43. The average molecular weight is 166 g/mol. The van der Waals surface area contributed by atoms with Crippen LogP contribution in [0.5, 0.6) is 0 Å². The third-order valence-corrected chi connectivity index (χ3v) is 1.48. The van der Waals surface area contributed by atoms with Crippen LogP contribution in [0.1, 0.15) is 27.2 Å². The average Bonchev–Trinajstić information content (AvgIpc) is 2.03. The van der Waals surface area contributed by atoms with E-state index in [2.05, 4.69) is 37.3 Å². The highest BCUT2D eigenvalue weighted by atomic mass is 14.8. The quantitative estimate of drug-likeness (QED) is 0.443. The fourth-order valence-electron chi connectivity index (χ4n) is 0.512. The molecule has 0 saturated carbocycles. The third kappa shape index (κ3) is 5.83. The van der Waals surface area contributed by atoms with Gasteiger partial charge < -0.3 is 0 Å². The van der Waals surface area contributed by atoms with E-state index in [4.69, 9.17) is 0 Å². The highest BCUT2D eigenvalue weighted by Crippen LogP contribution is 2.02. The molecule has 0 amide bonds. The summed E-state index contributed by atoms with van der Waals surface area (Å²) in [6.45, 7) is 11.0. The normalized spacial score (nSPS) is 12.0. The Morgan fingerprint density at radius 1 is 1.50 bits per heavy atom. The minimum atomic E-state index is 0.466. The maximum absolute atomic E-state index is 4.06. The lowest BCUT2D eigenvalue weighted by atomic mass is 10.1. The van der Waals surface area contributed by atoms with Crippen molar-refractivity contribution in [3.63, 3.8) is 0 Å². The van der Waals surface area contributed by atoms with Gasteiger partial charge in [-0.3, -0.25) is 4.99 Å². The van der Waals surface area contributed by atoms with Crippen LogP contribution < -0.4 is 0 Å². The van der Waals surface area contributed by atoms with Crippen molar-refractivity contribution in [2.24, 2.45) is 15.9 Å². The minimum absolute atomic E-state index is 0.466. The first kappa shape index (κ1) is 11.1. The van der Waals surface area contributed by atoms with E-state index in [0.717, 1.165) is 18.5 Å². The van der Waals surface area contributed by atoms with Crippen molar-refractivity contribution in [3.05, 3.63) is 12.2 Å². The predicted molar refractivity (Wildman–Crippen MR) is 56.1 cm³/mol. The van der Waals surface area contributed by atoms with Gasteiger partial charge in [-0.05, 0) is 17.9 Å². The molecule has 0 spiro atoms. The Balaban J connectivity index is 3.68. The second-order valence-electron chi connectivity index (χ2n) is 3.03. The number of allylic oxidation sites excluding steroid dienone is 1. The highest BCUT2D eigenvalue weighted by Gasteiger charge is 1.93. The zero-order valence-electron chi connectivity index (χ0n) is 8.25. The van der Waals surface area contributed by atoms with E-state index in [1.807, 2.05) is 0 Å². The van der Waals surface area contributed by atoms with E-state index in [0.29, 0.717) is 5.92 Å². The monoisotopic (exact) mass is 166 g/mol. The molecule has 0 aliphatic rings. The van der Waals surface area contributed by atoms with Crippen molar-refractivity contribution in [3.8, 4) is 0 Å². The summed E-state index contributed by atoms with van der Waals surface area (Å²) in [5.74, 6) is 0.466. The smallest absolute Gasteiger partial charge is 0.109 e. The molecule has 2 heteroatoms. The molecule has 0 atom stereocenters. The number of aliphatic imine (C=N–C) groups is 2. The molecule has 0 aliphatic heterocycles. The molecule has 0 aromatic heterocycles. The summed E-state index contributed by atoms with van der Waals surface area (Å²) in [6, 6.07) is 0. The van der Waals surface area contributed by atoms with Gasteiger partial charge in [-0.1, -0.05) is 27.4 Å². The van der Waals surface area contributed by atoms with Gasteiger partial charge in [-0.25, -0.2) is 4.99 Å². The summed E-state index contributed by atoms with van der Waals surface area (Å²) >= 11 is 0. The second kappa shape index (κ2) is 6.77. The lowest BCUT2D eigenvalue weighted by Crippen LogP contribution is -1.92. The first-order valence-corrected chi connectivity index (χ1v) is 4.38. The van der Waals surface area contributed by atoms with Crippen LogP contribution in [-0.2, 0) is 0 Å². The zero-order chi connectivity index (χ0) is 9.40. The van der Waals surface area contributed by atoms with Crippen LogP contribution in [0.2, 0.25) is 0 Å². The molecule has 0 aromatic carbocycles. The van der Waals surface area contributed by atoms with E-state index in [-0.39, 0.29) is 0 Å². The van der Waals surface area contributed by atoms with Crippen LogP contribution in [0.15, 0.2) is 22.1 Å². The van der Waals surface area contributed by atoms with Gasteiger partial charge in [0.25, 0.3) is 0 Å². The van der Waals surface area contributed by atoms with Crippen molar-refractivity contribution in [2.45, 2.75) is 27.2 Å². The summed E-state index contributed by atoms with van der Waals surface area (Å²) in [7, 11) is 0. The number of hydrogen-bond acceptors (Lipinski definition) is 1. The standard InChI is InChI=1S/C10H18N2/c1-5-6-11-8-12-7-10(4)9(2)3/h7-9H,4-6H2,1-3H3/b11-8-,12-7-. The minimum Gasteiger partial charge on any atom is -0.274 e. The summed E-state index contributed by atoms with van der Waals surface area (Å²) < 4.78 is 0. The van der Waals surface area contributed by atoms with E-state index >= 15 is 0 Å². The molecule has 68 valence electrons. The molecular weight excluding hydrogens is 148 g/mol. The number of rotatable bonds is 5. The Bertz CT molecular complexity index is 178. The van der Waals surface area contributed by atoms with Gasteiger partial charge >= 0.3 is 0 Å². The Morgan fingerprint density at radius 3 is 2.67 bits per heavy atom. The van der Waals surface area contributed by atoms with Crippen LogP contribution in [0.25, 0.3) is 0 Å². The molecule has 12 heavy (non-hydrogen) atoms. The van der Waals surface area contributed by atoms with Gasteiger partial charge in [-0.15, -0.1) is 0 Å². The molecule has 0 rings (SSSR count). The third-order valence-electron chi connectivity index (χ3n) is 1.48. The Morgan fingerprint density at radius 2 is 2.17 bits per heavy atom. The number of nitrogens with zero attached hydrogens (tertiary/aromatic N) is 2. The lowest BCUT2D eigenvalue weighted by molar-refractivity contribution is 0.810. The SMILES string of the molecule is C=C(/C=N\C=N/CCC)C(C)C. The van der Waals surface area contributed by atoms with Gasteiger partial charge in [0.15, 0.2) is 0 Å². The fourth-order valence-corrected chi connectivity index (χ4v) is 0.512. The van der Waals surface area contributed by atoms with Crippen molar-refractivity contribution >= 4 is 12.6 Å². The molecular formula is C10H18N2. The topological polar surface area (TPSA) is 24.7 Å². The van der Waals surface area contributed by atoms with Crippen LogP contribution in [0.4, 0.5) is 0 Å². The van der Waals surface area contributed by atoms with Crippen molar-refractivity contribution in [1.82, 2.24) is 0 Å². The van der Waals surface area contributed by atoms with Crippen molar-refractivity contribution in [1.29, 1.82) is 0 Å².